The zero-order valence-electron chi connectivity index (χ0n) is 18.1. The molecule has 0 heterocycles. The Morgan fingerprint density at radius 1 is 0.562 bits per heavy atom. The first-order chi connectivity index (χ1) is 14.2. The lowest BCUT2D eigenvalue weighted by Gasteiger charge is -2.28. The molecule has 0 saturated carbocycles. The molecule has 0 aromatic carbocycles. The van der Waals surface area contributed by atoms with Crippen molar-refractivity contribution in [3.63, 3.8) is 0 Å². The van der Waals surface area contributed by atoms with Crippen LogP contribution in [0.25, 0.3) is 0 Å². The van der Waals surface area contributed by atoms with Gasteiger partial charge in [0.2, 0.25) is 0 Å². The Bertz CT molecular complexity index is 448. The van der Waals surface area contributed by atoms with Crippen LogP contribution in [0.4, 0.5) is 0 Å². The van der Waals surface area contributed by atoms with Crippen LogP contribution in [0.5, 0.6) is 0 Å². The Morgan fingerprint density at radius 3 is 0.750 bits per heavy atom. The molecule has 0 bridgehead atoms. The van der Waals surface area contributed by atoms with Gasteiger partial charge in [0.05, 0.1) is 25.9 Å². The van der Waals surface area contributed by atoms with Crippen LogP contribution in [-0.2, 0) is 28.8 Å². The van der Waals surface area contributed by atoms with Crippen LogP contribution in [0.2, 0.25) is 0 Å². The molecular formula is C16H32O16. The van der Waals surface area contributed by atoms with E-state index < -0.39 is 67.2 Å². The van der Waals surface area contributed by atoms with Gasteiger partial charge >= 0.3 is 5.97 Å². The van der Waals surface area contributed by atoms with Crippen LogP contribution in [0, 0.1) is 5.41 Å². The summed E-state index contributed by atoms with van der Waals surface area (Å²) in [5, 5.41) is 80.3. The lowest BCUT2D eigenvalue weighted by atomic mass is 9.84. The number of carboxylic acid groups (broad SMARTS) is 6. The first kappa shape index (κ1) is 42.7. The SMILES string of the molecule is CC(=O)O.CC(=O)O.CC(=O)O.CC(=O)O.CC(=O)O.O=C(O)C(CO)(CO)C(O)CO. The minimum Gasteiger partial charge on any atom is -0.481 e. The second kappa shape index (κ2) is 27.7. The molecule has 0 amide bonds. The zero-order valence-corrected chi connectivity index (χ0v) is 18.1. The summed E-state index contributed by atoms with van der Waals surface area (Å²) in [6.07, 6.45) is -1.68. The Labute approximate surface area is 182 Å². The highest BCUT2D eigenvalue weighted by atomic mass is 16.4. The standard InChI is InChI=1S/C6H12O6.5C2H4O2/c7-1-4(10)6(2-8,3-9)5(11)12;5*1-2(3)4/h4,7-10H,1-3H2,(H,11,12);5*1H3,(H,3,4). The molecule has 16 nitrogen and oxygen atoms in total. The van der Waals surface area contributed by atoms with Gasteiger partial charge in [-0.25, -0.2) is 0 Å². The summed E-state index contributed by atoms with van der Waals surface area (Å²) in [7, 11) is 0. The Morgan fingerprint density at radius 2 is 0.719 bits per heavy atom. The van der Waals surface area contributed by atoms with Crippen molar-refractivity contribution in [2.75, 3.05) is 19.8 Å². The number of aliphatic hydroxyl groups is 4. The Balaban J connectivity index is -0.0000000706. The minimum atomic E-state index is -2.07. The Kier molecular flexibility index (Phi) is 36.9. The summed E-state index contributed by atoms with van der Waals surface area (Å²) >= 11 is 0. The molecule has 10 N–H and O–H groups in total. The van der Waals surface area contributed by atoms with Gasteiger partial charge in [-0.05, 0) is 0 Å². The van der Waals surface area contributed by atoms with E-state index in [4.69, 9.17) is 75.0 Å². The average Bonchev–Trinajstić information content (AvgIpc) is 2.53. The second-order valence-electron chi connectivity index (χ2n) is 5.07. The normalized spacial score (nSPS) is 9.28. The fraction of sp³-hybridized carbons (Fsp3) is 0.625. The van der Waals surface area contributed by atoms with Gasteiger partial charge in [-0.2, -0.15) is 0 Å². The number of carbonyl (C=O) groups is 6. The molecule has 0 saturated heterocycles. The highest BCUT2D eigenvalue weighted by Crippen LogP contribution is 2.21. The molecule has 0 radical (unpaired) electrons. The highest BCUT2D eigenvalue weighted by Gasteiger charge is 2.44. The van der Waals surface area contributed by atoms with E-state index in [2.05, 4.69) is 0 Å². The molecule has 192 valence electrons. The summed E-state index contributed by atoms with van der Waals surface area (Å²) in [5.74, 6) is -5.71. The minimum absolute atomic E-state index is 0.826. The van der Waals surface area contributed by atoms with Crippen molar-refractivity contribution >= 4 is 35.8 Å². The number of aliphatic carboxylic acids is 6. The van der Waals surface area contributed by atoms with Crippen molar-refractivity contribution < 1.29 is 79.8 Å². The third kappa shape index (κ3) is 63.2. The van der Waals surface area contributed by atoms with Gasteiger partial charge in [-0.15, -0.1) is 0 Å². The molecule has 32 heavy (non-hydrogen) atoms. The third-order valence-electron chi connectivity index (χ3n) is 1.80. The summed E-state index contributed by atoms with van der Waals surface area (Å²) in [5.41, 5.74) is -2.07. The topological polar surface area (TPSA) is 305 Å². The molecule has 0 aliphatic rings. The lowest BCUT2D eigenvalue weighted by molar-refractivity contribution is -0.168. The van der Waals surface area contributed by atoms with Gasteiger partial charge in [0.25, 0.3) is 29.8 Å². The molecule has 0 aromatic heterocycles. The lowest BCUT2D eigenvalue weighted by Crippen LogP contribution is -2.50. The van der Waals surface area contributed by atoms with E-state index in [-0.39, 0.29) is 0 Å². The quantitative estimate of drug-likeness (QED) is 0.200. The molecule has 0 rings (SSSR count). The van der Waals surface area contributed by atoms with Gasteiger partial charge in [0.1, 0.15) is 5.41 Å². The van der Waals surface area contributed by atoms with Crippen molar-refractivity contribution in [1.82, 2.24) is 0 Å². The van der Waals surface area contributed by atoms with E-state index >= 15 is 0 Å². The molecule has 0 aliphatic carbocycles. The number of rotatable bonds is 5. The smallest absolute Gasteiger partial charge is 0.317 e. The van der Waals surface area contributed by atoms with Crippen LogP contribution in [0.3, 0.4) is 0 Å². The maximum atomic E-state index is 10.5. The highest BCUT2D eigenvalue weighted by molar-refractivity contribution is 5.75. The average molecular weight is 480 g/mol. The molecule has 1 unspecified atom stereocenters. The fourth-order valence-corrected chi connectivity index (χ4v) is 0.713. The van der Waals surface area contributed by atoms with E-state index in [0.717, 1.165) is 34.6 Å². The van der Waals surface area contributed by atoms with Gasteiger partial charge in [-0.3, -0.25) is 28.8 Å². The van der Waals surface area contributed by atoms with Gasteiger partial charge in [0, 0.05) is 34.6 Å². The molecule has 0 spiro atoms. The van der Waals surface area contributed by atoms with Crippen molar-refractivity contribution in [3.8, 4) is 0 Å². The third-order valence-corrected chi connectivity index (χ3v) is 1.80. The van der Waals surface area contributed by atoms with Crippen molar-refractivity contribution in [2.24, 2.45) is 5.41 Å². The number of carboxylic acids is 6. The van der Waals surface area contributed by atoms with Crippen LogP contribution in [0.15, 0.2) is 0 Å². The summed E-state index contributed by atoms with van der Waals surface area (Å²) in [4.78, 5) is 55.5. The van der Waals surface area contributed by atoms with Crippen LogP contribution in [-0.4, -0.2) is 113 Å². The van der Waals surface area contributed by atoms with E-state index in [1.165, 1.54) is 0 Å². The van der Waals surface area contributed by atoms with E-state index in [1.54, 1.807) is 0 Å². The first-order valence-corrected chi connectivity index (χ1v) is 7.93. The maximum Gasteiger partial charge on any atom is 0.317 e. The monoisotopic (exact) mass is 480 g/mol. The molecule has 1 atom stereocenters. The summed E-state index contributed by atoms with van der Waals surface area (Å²) in [6.45, 7) is 2.73. The molecular weight excluding hydrogens is 448 g/mol. The van der Waals surface area contributed by atoms with Crippen LogP contribution >= 0.6 is 0 Å². The Hall–Kier alpha value is -3.34. The maximum absolute atomic E-state index is 10.5. The molecule has 0 aliphatic heterocycles. The number of hydrogen-bond donors (Lipinski definition) is 10. The second-order valence-corrected chi connectivity index (χ2v) is 5.07. The van der Waals surface area contributed by atoms with Gasteiger partial charge in [0.15, 0.2) is 0 Å². The van der Waals surface area contributed by atoms with Crippen molar-refractivity contribution in [2.45, 2.75) is 40.7 Å². The molecule has 16 heteroatoms. The van der Waals surface area contributed by atoms with Crippen molar-refractivity contribution in [3.05, 3.63) is 0 Å². The molecule has 0 aromatic rings. The van der Waals surface area contributed by atoms with Gasteiger partial charge in [-0.1, -0.05) is 0 Å². The van der Waals surface area contributed by atoms with Crippen LogP contribution in [0.1, 0.15) is 34.6 Å². The number of aliphatic hydroxyl groups excluding tert-OH is 4. The van der Waals surface area contributed by atoms with E-state index in [0.29, 0.717) is 0 Å². The summed E-state index contributed by atoms with van der Waals surface area (Å²) < 4.78 is 0. The molecule has 0 fully saturated rings. The predicted molar refractivity (Wildman–Crippen MR) is 104 cm³/mol. The van der Waals surface area contributed by atoms with E-state index in [1.807, 2.05) is 0 Å². The zero-order chi connectivity index (χ0) is 27.7. The summed E-state index contributed by atoms with van der Waals surface area (Å²) in [6, 6.07) is 0. The van der Waals surface area contributed by atoms with E-state index in [9.17, 15) is 4.79 Å². The fourth-order valence-electron chi connectivity index (χ4n) is 0.713. The number of hydrogen-bond acceptors (Lipinski definition) is 10. The van der Waals surface area contributed by atoms with Crippen LogP contribution < -0.4 is 0 Å². The first-order valence-electron chi connectivity index (χ1n) is 7.93. The predicted octanol–water partition coefficient (Wildman–Crippen LogP) is -2.15. The van der Waals surface area contributed by atoms with Crippen molar-refractivity contribution in [1.29, 1.82) is 0 Å². The largest absolute Gasteiger partial charge is 0.481 e. The van der Waals surface area contributed by atoms with Gasteiger partial charge < -0.3 is 51.1 Å².